The SMILES string of the molecule is CO[C@H](COP(=O)(O)CP(=O)(O)O)[C@@H](O)[C@@H](O)c1ncc2c(N)cc(Cl)nn12. The molecule has 13 nitrogen and oxygen atoms in total. The Hall–Kier alpha value is -1.11. The molecule has 1 unspecified atom stereocenters. The van der Waals surface area contributed by atoms with Crippen molar-refractivity contribution >= 4 is 38.0 Å². The third kappa shape index (κ3) is 5.71. The third-order valence-electron chi connectivity index (χ3n) is 3.61. The lowest BCUT2D eigenvalue weighted by Crippen LogP contribution is -2.38. The summed E-state index contributed by atoms with van der Waals surface area (Å²) in [5.41, 5.74) is 6.33. The van der Waals surface area contributed by atoms with Gasteiger partial charge in [-0.2, -0.15) is 5.10 Å². The Morgan fingerprint density at radius 3 is 2.54 bits per heavy atom. The van der Waals surface area contributed by atoms with Gasteiger partial charge in [-0.25, -0.2) is 9.50 Å². The number of rotatable bonds is 9. The molecule has 0 amide bonds. The van der Waals surface area contributed by atoms with E-state index in [-0.39, 0.29) is 16.7 Å². The molecule has 0 aliphatic heterocycles. The second-order valence-corrected chi connectivity index (χ2v) is 10.2. The van der Waals surface area contributed by atoms with Crippen LogP contribution in [0, 0.1) is 0 Å². The van der Waals surface area contributed by atoms with Crippen molar-refractivity contribution in [2.24, 2.45) is 0 Å². The number of nitrogens with zero attached hydrogens (tertiary/aromatic N) is 3. The van der Waals surface area contributed by atoms with Crippen molar-refractivity contribution < 1.29 is 43.3 Å². The van der Waals surface area contributed by atoms with E-state index < -0.39 is 46.0 Å². The first-order valence-corrected chi connectivity index (χ1v) is 11.5. The highest BCUT2D eigenvalue weighted by Crippen LogP contribution is 2.55. The average molecular weight is 461 g/mol. The Bertz CT molecular complexity index is 935. The fraction of sp³-hybridized carbons (Fsp3) is 0.500. The van der Waals surface area contributed by atoms with Gasteiger partial charge in [0.15, 0.2) is 16.9 Å². The first-order chi connectivity index (χ1) is 12.8. The summed E-state index contributed by atoms with van der Waals surface area (Å²) < 4.78 is 33.2. The first-order valence-electron chi connectivity index (χ1n) is 7.54. The molecule has 0 aliphatic rings. The molecular formula is C12H19ClN4O9P2. The predicted octanol–water partition coefficient (Wildman–Crippen LogP) is -0.289. The molecule has 0 aliphatic carbocycles. The van der Waals surface area contributed by atoms with E-state index in [1.54, 1.807) is 0 Å². The van der Waals surface area contributed by atoms with Crippen molar-refractivity contribution in [2.45, 2.75) is 18.3 Å². The number of ether oxygens (including phenoxy) is 1. The van der Waals surface area contributed by atoms with Gasteiger partial charge in [-0.15, -0.1) is 0 Å². The van der Waals surface area contributed by atoms with Gasteiger partial charge in [0.1, 0.15) is 23.8 Å². The number of hydrogen-bond donors (Lipinski definition) is 6. The van der Waals surface area contributed by atoms with Gasteiger partial charge in [0.2, 0.25) is 0 Å². The Kier molecular flexibility index (Phi) is 7.22. The largest absolute Gasteiger partial charge is 0.397 e. The van der Waals surface area contributed by atoms with Gasteiger partial charge in [0, 0.05) is 13.2 Å². The van der Waals surface area contributed by atoms with E-state index in [4.69, 9.17) is 31.9 Å². The van der Waals surface area contributed by atoms with Crippen molar-refractivity contribution in [3.05, 3.63) is 23.2 Å². The van der Waals surface area contributed by atoms with Crippen molar-refractivity contribution in [3.63, 3.8) is 0 Å². The Labute approximate surface area is 163 Å². The summed E-state index contributed by atoms with van der Waals surface area (Å²) in [6.07, 6.45) is -3.46. The fourth-order valence-corrected chi connectivity index (χ4v) is 5.08. The number of methoxy groups -OCH3 is 1. The summed E-state index contributed by atoms with van der Waals surface area (Å²) in [5.74, 6) is -1.54. The van der Waals surface area contributed by atoms with E-state index in [0.29, 0.717) is 5.52 Å². The Balaban J connectivity index is 2.18. The molecule has 4 atom stereocenters. The molecule has 28 heavy (non-hydrogen) atoms. The number of aromatic nitrogens is 3. The minimum Gasteiger partial charge on any atom is -0.397 e. The molecule has 2 aromatic rings. The molecule has 0 fully saturated rings. The maximum atomic E-state index is 11.7. The molecule has 0 saturated carbocycles. The number of nitrogens with two attached hydrogens (primary N) is 1. The molecular weight excluding hydrogens is 442 g/mol. The van der Waals surface area contributed by atoms with Crippen LogP contribution >= 0.6 is 26.8 Å². The zero-order chi connectivity index (χ0) is 21.3. The molecule has 2 aromatic heterocycles. The number of hydrogen-bond acceptors (Lipinski definition) is 9. The second-order valence-electron chi connectivity index (χ2n) is 5.78. The standard InChI is InChI=1S/C12H19ClN4O9P2/c1-25-8(4-26-28(23,24)5-27(20,21)22)10(18)11(19)12-15-3-7-6(14)2-9(13)16-17(7)12/h2-3,8,10-11,18-19H,4-5,14H2,1H3,(H,23,24)(H2,20,21,22)/t8-,10-,11-/m1/s1. The summed E-state index contributed by atoms with van der Waals surface area (Å²) in [6, 6.07) is 1.37. The maximum Gasteiger partial charge on any atom is 0.340 e. The highest BCUT2D eigenvalue weighted by molar-refractivity contribution is 7.70. The normalized spacial score (nSPS) is 18.0. The van der Waals surface area contributed by atoms with Crippen molar-refractivity contribution in [1.82, 2.24) is 14.6 Å². The van der Waals surface area contributed by atoms with Gasteiger partial charge in [-0.1, -0.05) is 11.6 Å². The summed E-state index contributed by atoms with van der Waals surface area (Å²) in [6.45, 7) is -0.748. The number of aliphatic hydroxyl groups is 2. The first kappa shape index (κ1) is 23.2. The van der Waals surface area contributed by atoms with Crippen molar-refractivity contribution in [1.29, 1.82) is 0 Å². The van der Waals surface area contributed by atoms with Crippen LogP contribution < -0.4 is 5.73 Å². The van der Waals surface area contributed by atoms with E-state index >= 15 is 0 Å². The highest BCUT2D eigenvalue weighted by Gasteiger charge is 2.35. The number of fused-ring (bicyclic) bond motifs is 1. The van der Waals surface area contributed by atoms with Gasteiger partial charge < -0.3 is 39.9 Å². The van der Waals surface area contributed by atoms with E-state index in [9.17, 15) is 24.2 Å². The van der Waals surface area contributed by atoms with Crippen LogP contribution in [0.15, 0.2) is 12.3 Å². The predicted molar refractivity (Wildman–Crippen MR) is 96.9 cm³/mol. The van der Waals surface area contributed by atoms with Gasteiger partial charge in [-0.05, 0) is 0 Å². The number of anilines is 1. The van der Waals surface area contributed by atoms with Gasteiger partial charge in [-0.3, -0.25) is 9.13 Å². The summed E-state index contributed by atoms with van der Waals surface area (Å²) >= 11 is 5.83. The van der Waals surface area contributed by atoms with Gasteiger partial charge >= 0.3 is 15.2 Å². The zero-order valence-electron chi connectivity index (χ0n) is 14.4. The summed E-state index contributed by atoms with van der Waals surface area (Å²) in [5, 5.41) is 24.7. The van der Waals surface area contributed by atoms with Gasteiger partial charge in [0.25, 0.3) is 0 Å². The molecule has 0 bridgehead atoms. The average Bonchev–Trinajstić information content (AvgIpc) is 2.96. The molecule has 0 aromatic carbocycles. The van der Waals surface area contributed by atoms with Crippen LogP contribution in [0.2, 0.25) is 5.15 Å². The smallest absolute Gasteiger partial charge is 0.340 e. The van der Waals surface area contributed by atoms with Crippen LogP contribution in [0.5, 0.6) is 0 Å². The molecule has 16 heteroatoms. The van der Waals surface area contributed by atoms with Crippen LogP contribution in [-0.4, -0.2) is 71.3 Å². The zero-order valence-corrected chi connectivity index (χ0v) is 16.9. The Morgan fingerprint density at radius 2 is 1.96 bits per heavy atom. The molecule has 2 heterocycles. The third-order valence-corrected chi connectivity index (χ3v) is 7.25. The maximum absolute atomic E-state index is 11.7. The molecule has 2 rings (SSSR count). The van der Waals surface area contributed by atoms with Crippen molar-refractivity contribution in [3.8, 4) is 0 Å². The summed E-state index contributed by atoms with van der Waals surface area (Å²) in [4.78, 5) is 31.0. The van der Waals surface area contributed by atoms with Crippen molar-refractivity contribution in [2.75, 3.05) is 25.4 Å². The number of aliphatic hydroxyl groups excluding tert-OH is 2. The summed E-state index contributed by atoms with van der Waals surface area (Å²) in [7, 11) is -8.35. The fourth-order valence-electron chi connectivity index (χ4n) is 2.32. The van der Waals surface area contributed by atoms with Crippen LogP contribution in [0.4, 0.5) is 5.69 Å². The minimum absolute atomic E-state index is 0.0104. The second kappa shape index (κ2) is 8.72. The molecule has 7 N–H and O–H groups in total. The lowest BCUT2D eigenvalue weighted by Gasteiger charge is -2.25. The van der Waals surface area contributed by atoms with E-state index in [1.165, 1.54) is 12.3 Å². The van der Waals surface area contributed by atoms with Crippen LogP contribution in [0.25, 0.3) is 5.52 Å². The van der Waals surface area contributed by atoms with Crippen LogP contribution in [0.1, 0.15) is 11.9 Å². The number of halogens is 1. The van der Waals surface area contributed by atoms with Gasteiger partial charge in [0.05, 0.1) is 18.5 Å². The minimum atomic E-state index is -4.81. The number of nitrogen functional groups attached to an aromatic ring is 1. The quantitative estimate of drug-likeness (QED) is 0.266. The van der Waals surface area contributed by atoms with E-state index in [1.807, 2.05) is 0 Å². The van der Waals surface area contributed by atoms with Crippen LogP contribution in [-0.2, 0) is 18.4 Å². The lowest BCUT2D eigenvalue weighted by atomic mass is 10.1. The molecule has 0 spiro atoms. The monoisotopic (exact) mass is 460 g/mol. The topological polar surface area (TPSA) is 210 Å². The number of imidazole rings is 1. The van der Waals surface area contributed by atoms with E-state index in [2.05, 4.69) is 14.6 Å². The molecule has 0 radical (unpaired) electrons. The van der Waals surface area contributed by atoms with Crippen LogP contribution in [0.3, 0.4) is 0 Å². The Morgan fingerprint density at radius 1 is 1.32 bits per heavy atom. The molecule has 158 valence electrons. The highest BCUT2D eigenvalue weighted by atomic mass is 35.5. The molecule has 0 saturated heterocycles. The van der Waals surface area contributed by atoms with E-state index in [0.717, 1.165) is 11.6 Å². The lowest BCUT2D eigenvalue weighted by molar-refractivity contribution is -0.0937.